The lowest BCUT2D eigenvalue weighted by atomic mass is 9.33. The first-order valence-electron chi connectivity index (χ1n) is 27.9. The van der Waals surface area contributed by atoms with Crippen molar-refractivity contribution < 1.29 is 0 Å². The Morgan fingerprint density at radius 3 is 1.65 bits per heavy atom. The normalized spacial score (nSPS) is 19.6. The Morgan fingerprint density at radius 2 is 1.05 bits per heavy atom. The largest absolute Gasteiger partial charge is 0.335 e. The molecule has 2 unspecified atom stereocenters. The number of aromatic nitrogens is 1. The summed E-state index contributed by atoms with van der Waals surface area (Å²) in [6, 6.07) is 68.9. The number of hydrogen-bond donors (Lipinski definition) is 0. The third-order valence-electron chi connectivity index (χ3n) is 19.2. The van der Waals surface area contributed by atoms with Crippen LogP contribution in [-0.4, -0.2) is 16.8 Å². The summed E-state index contributed by atoms with van der Waals surface area (Å²) < 4.78 is 2.77. The standard InChI is InChI=1S/C71H70BN3/c1-66(2,3)45-31-35-50(36-32-45)73(51-37-33-46(34-38-51)67(4,5)6)52-43-59-62-60(44-52)75-65-56(69(10)39-20-21-40-70(69,75)11)41-49(68(7,8)9)42-58(65)72(62)57-30-22-28-54-61-64(74(59)63(54)57)53-27-18-19-29-55(53)71(61,47-23-14-12-15-24-47)48-25-16-13-17-26-48/h12-19,22-38,41-44H,20-21,39-40H2,1-11H3. The highest BCUT2D eigenvalue weighted by atomic mass is 15.3. The van der Waals surface area contributed by atoms with E-state index in [2.05, 4.69) is 266 Å². The van der Waals surface area contributed by atoms with Crippen molar-refractivity contribution in [2.45, 2.75) is 134 Å². The highest BCUT2D eigenvalue weighted by Crippen LogP contribution is 2.64. The number of benzene rings is 8. The van der Waals surface area contributed by atoms with Crippen LogP contribution in [0.3, 0.4) is 0 Å². The van der Waals surface area contributed by atoms with E-state index in [1.54, 1.807) is 5.56 Å². The minimum atomic E-state index is -0.563. The van der Waals surface area contributed by atoms with E-state index in [9.17, 15) is 0 Å². The molecule has 4 heteroatoms. The maximum absolute atomic E-state index is 2.92. The molecule has 0 spiro atoms. The molecule has 9 aromatic rings. The zero-order chi connectivity index (χ0) is 51.8. The molecule has 0 saturated heterocycles. The van der Waals surface area contributed by atoms with Crippen molar-refractivity contribution in [1.29, 1.82) is 0 Å². The molecular formula is C71H70BN3. The van der Waals surface area contributed by atoms with Gasteiger partial charge in [-0.3, -0.25) is 0 Å². The molecule has 0 radical (unpaired) electrons. The molecule has 1 saturated carbocycles. The van der Waals surface area contributed by atoms with Gasteiger partial charge in [-0.1, -0.05) is 222 Å². The van der Waals surface area contributed by atoms with Crippen LogP contribution >= 0.6 is 0 Å². The van der Waals surface area contributed by atoms with Gasteiger partial charge in [0.25, 0.3) is 6.71 Å². The predicted octanol–water partition coefficient (Wildman–Crippen LogP) is 16.2. The van der Waals surface area contributed by atoms with E-state index in [1.807, 2.05) is 0 Å². The number of hydrogen-bond acceptors (Lipinski definition) is 2. The van der Waals surface area contributed by atoms with Crippen LogP contribution in [0.25, 0.3) is 27.8 Å². The minimum absolute atomic E-state index is 0.0249. The molecule has 8 aromatic carbocycles. The van der Waals surface area contributed by atoms with Gasteiger partial charge < -0.3 is 14.4 Å². The van der Waals surface area contributed by atoms with Crippen molar-refractivity contribution in [3.63, 3.8) is 0 Å². The van der Waals surface area contributed by atoms with Gasteiger partial charge in [-0.25, -0.2) is 0 Å². The average molecular weight is 976 g/mol. The van der Waals surface area contributed by atoms with E-state index in [1.165, 1.54) is 120 Å². The smallest absolute Gasteiger partial charge is 0.252 e. The van der Waals surface area contributed by atoms with E-state index >= 15 is 0 Å². The van der Waals surface area contributed by atoms with E-state index in [4.69, 9.17) is 0 Å². The molecule has 372 valence electrons. The predicted molar refractivity (Wildman–Crippen MR) is 319 cm³/mol. The van der Waals surface area contributed by atoms with E-state index < -0.39 is 5.41 Å². The monoisotopic (exact) mass is 976 g/mol. The number of anilines is 5. The number of rotatable bonds is 5. The highest BCUT2D eigenvalue weighted by molar-refractivity contribution is 7.00. The van der Waals surface area contributed by atoms with Crippen LogP contribution in [0.1, 0.15) is 146 Å². The Morgan fingerprint density at radius 1 is 0.493 bits per heavy atom. The lowest BCUT2D eigenvalue weighted by Gasteiger charge is -2.52. The van der Waals surface area contributed by atoms with Crippen molar-refractivity contribution in [3.05, 3.63) is 220 Å². The van der Waals surface area contributed by atoms with Crippen LogP contribution in [-0.2, 0) is 27.1 Å². The van der Waals surface area contributed by atoms with E-state index in [0.717, 1.165) is 17.8 Å². The third-order valence-corrected chi connectivity index (χ3v) is 19.2. The molecule has 75 heavy (non-hydrogen) atoms. The maximum atomic E-state index is 2.92. The zero-order valence-corrected chi connectivity index (χ0v) is 46.0. The summed E-state index contributed by atoms with van der Waals surface area (Å²) >= 11 is 0. The van der Waals surface area contributed by atoms with Gasteiger partial charge >= 0.3 is 0 Å². The molecule has 3 nitrogen and oxygen atoms in total. The van der Waals surface area contributed by atoms with Crippen LogP contribution in [0.5, 0.6) is 0 Å². The molecule has 5 aliphatic rings. The maximum Gasteiger partial charge on any atom is 0.252 e. The van der Waals surface area contributed by atoms with Crippen molar-refractivity contribution >= 4 is 62.4 Å². The van der Waals surface area contributed by atoms with E-state index in [0.29, 0.717) is 0 Å². The van der Waals surface area contributed by atoms with Crippen LogP contribution in [0.4, 0.5) is 28.4 Å². The first-order chi connectivity index (χ1) is 35.9. The van der Waals surface area contributed by atoms with Crippen molar-refractivity contribution in [1.82, 2.24) is 4.57 Å². The molecule has 1 aromatic heterocycles. The van der Waals surface area contributed by atoms with Crippen LogP contribution < -0.4 is 26.2 Å². The highest BCUT2D eigenvalue weighted by Gasteiger charge is 2.62. The van der Waals surface area contributed by atoms with Gasteiger partial charge in [0.15, 0.2) is 0 Å². The van der Waals surface area contributed by atoms with Gasteiger partial charge in [0.2, 0.25) is 0 Å². The fourth-order valence-electron chi connectivity index (χ4n) is 15.2. The van der Waals surface area contributed by atoms with Crippen LogP contribution in [0.2, 0.25) is 0 Å². The summed E-state index contributed by atoms with van der Waals surface area (Å²) in [6.45, 7) is 26.5. The number of nitrogens with zero attached hydrogens (tertiary/aromatic N) is 3. The minimum Gasteiger partial charge on any atom is -0.335 e. The van der Waals surface area contributed by atoms with Gasteiger partial charge in [-0.2, -0.15) is 0 Å². The van der Waals surface area contributed by atoms with E-state index in [-0.39, 0.29) is 33.9 Å². The molecule has 2 atom stereocenters. The first-order valence-corrected chi connectivity index (χ1v) is 27.9. The van der Waals surface area contributed by atoms with Gasteiger partial charge in [0.1, 0.15) is 0 Å². The lowest BCUT2D eigenvalue weighted by Crippen LogP contribution is -2.64. The topological polar surface area (TPSA) is 11.4 Å². The number of para-hydroxylation sites is 1. The van der Waals surface area contributed by atoms with Crippen molar-refractivity contribution in [3.8, 4) is 16.9 Å². The molecule has 3 aliphatic heterocycles. The molecule has 4 heterocycles. The summed E-state index contributed by atoms with van der Waals surface area (Å²) in [5.74, 6) is 0. The van der Waals surface area contributed by atoms with Crippen molar-refractivity contribution in [2.75, 3.05) is 9.80 Å². The second kappa shape index (κ2) is 15.5. The molecule has 0 N–H and O–H groups in total. The summed E-state index contributed by atoms with van der Waals surface area (Å²) in [7, 11) is 0. The SMILES string of the molecule is CC(C)(C)c1ccc(N(c2ccc(C(C)(C)C)cc2)c2cc3c4c(c2)-n2c5c(c6cccc(c62)B4c2cc(C(C)(C)C)cc4c2N3C2(C)CCCCC42C)C(c2ccccc2)(c2ccccc2)c2ccccc2-5)cc1. The molecule has 14 rings (SSSR count). The lowest BCUT2D eigenvalue weighted by molar-refractivity contribution is 0.195. The quantitative estimate of drug-likeness (QED) is 0.159. The third kappa shape index (κ3) is 6.17. The van der Waals surface area contributed by atoms with Crippen molar-refractivity contribution in [2.24, 2.45) is 0 Å². The molecular weight excluding hydrogens is 906 g/mol. The molecule has 0 bridgehead atoms. The summed E-state index contributed by atoms with van der Waals surface area (Å²) in [5.41, 5.74) is 26.1. The van der Waals surface area contributed by atoms with Crippen LogP contribution in [0.15, 0.2) is 176 Å². The Bertz CT molecular complexity index is 3710. The Labute approximate surface area is 446 Å². The second-order valence-corrected chi connectivity index (χ2v) is 26.5. The van der Waals surface area contributed by atoms with Gasteiger partial charge in [-0.15, -0.1) is 0 Å². The summed E-state index contributed by atoms with van der Waals surface area (Å²) in [5, 5.41) is 1.33. The van der Waals surface area contributed by atoms with Gasteiger partial charge in [0.05, 0.1) is 22.3 Å². The first kappa shape index (κ1) is 46.5. The Kier molecular flexibility index (Phi) is 9.63. The summed E-state index contributed by atoms with van der Waals surface area (Å²) in [4.78, 5) is 5.49. The summed E-state index contributed by atoms with van der Waals surface area (Å²) in [6.07, 6.45) is 4.80. The van der Waals surface area contributed by atoms with Crippen LogP contribution in [0, 0.1) is 0 Å². The average Bonchev–Trinajstić information content (AvgIpc) is 4.22. The van der Waals surface area contributed by atoms with Gasteiger partial charge in [-0.05, 0) is 128 Å². The Hall–Kier alpha value is -7.04. The molecule has 0 amide bonds. The molecule has 2 aliphatic carbocycles. The second-order valence-electron chi connectivity index (χ2n) is 26.5. The Balaban J connectivity index is 1.16. The fourth-order valence-corrected chi connectivity index (χ4v) is 15.2. The zero-order valence-electron chi connectivity index (χ0n) is 46.0. The van der Waals surface area contributed by atoms with Gasteiger partial charge in [0, 0.05) is 55.9 Å². The fraction of sp³-hybridized carbons (Fsp3) is 0.296. The molecule has 1 fully saturated rings. The number of fused-ring (bicyclic) bond motifs is 12.